The molecule has 2 aromatic carbocycles. The summed E-state index contributed by atoms with van der Waals surface area (Å²) in [6.45, 7) is 1.30. The maximum absolute atomic E-state index is 13.0. The lowest BCUT2D eigenvalue weighted by Crippen LogP contribution is -2.34. The molecular weight excluding hydrogens is 398 g/mol. The van der Waals surface area contributed by atoms with Crippen LogP contribution in [-0.4, -0.2) is 22.6 Å². The SMILES string of the molecule is COc1ccccc1CNC(=O)C1CCc2c(c3ccccc3n2Cc2ccncc2)C1. The number of ether oxygens (including phenoxy) is 1. The average Bonchev–Trinajstić information content (AvgIpc) is 3.16. The normalized spacial score (nSPS) is 15.3. The standard InChI is InChI=1S/C27H27N3O2/c1-32-26-9-5-2-6-21(26)17-29-27(31)20-10-11-25-23(16-20)22-7-3-4-8-24(22)30(25)18-19-12-14-28-15-13-19/h2-9,12-15,20H,10-11,16-18H2,1H3,(H,29,31). The van der Waals surface area contributed by atoms with E-state index in [0.29, 0.717) is 6.54 Å². The Labute approximate surface area is 188 Å². The Kier molecular flexibility index (Phi) is 5.63. The van der Waals surface area contributed by atoms with Gasteiger partial charge in [-0.25, -0.2) is 0 Å². The van der Waals surface area contributed by atoms with Crippen molar-refractivity contribution in [1.29, 1.82) is 0 Å². The lowest BCUT2D eigenvalue weighted by atomic mass is 9.85. The molecule has 1 N–H and O–H groups in total. The molecule has 0 spiro atoms. The Morgan fingerprint density at radius 2 is 1.88 bits per heavy atom. The molecule has 1 aliphatic carbocycles. The number of aromatic nitrogens is 2. The molecule has 2 aromatic heterocycles. The van der Waals surface area contributed by atoms with Crippen molar-refractivity contribution in [3.8, 4) is 5.75 Å². The van der Waals surface area contributed by atoms with Crippen LogP contribution < -0.4 is 10.1 Å². The number of para-hydroxylation sites is 2. The molecule has 4 aromatic rings. The summed E-state index contributed by atoms with van der Waals surface area (Å²) in [7, 11) is 1.66. The van der Waals surface area contributed by atoms with E-state index in [9.17, 15) is 4.79 Å². The van der Waals surface area contributed by atoms with E-state index in [4.69, 9.17) is 4.74 Å². The van der Waals surface area contributed by atoms with Gasteiger partial charge in [-0.05, 0) is 54.7 Å². The fraction of sp³-hybridized carbons (Fsp3) is 0.259. The Balaban J connectivity index is 1.37. The molecule has 0 radical (unpaired) electrons. The monoisotopic (exact) mass is 425 g/mol. The largest absolute Gasteiger partial charge is 0.496 e. The number of amides is 1. The van der Waals surface area contributed by atoms with Crippen LogP contribution in [0, 0.1) is 5.92 Å². The van der Waals surface area contributed by atoms with E-state index < -0.39 is 0 Å². The molecule has 0 aliphatic heterocycles. The Morgan fingerprint density at radius 3 is 2.72 bits per heavy atom. The molecule has 32 heavy (non-hydrogen) atoms. The number of fused-ring (bicyclic) bond motifs is 3. The third-order valence-electron chi connectivity index (χ3n) is 6.48. The van der Waals surface area contributed by atoms with Gasteiger partial charge < -0.3 is 14.6 Å². The second-order valence-corrected chi connectivity index (χ2v) is 8.35. The molecule has 1 aliphatic rings. The van der Waals surface area contributed by atoms with Crippen molar-refractivity contribution in [3.05, 3.63) is 95.4 Å². The van der Waals surface area contributed by atoms with Crippen LogP contribution in [0.3, 0.4) is 0 Å². The topological polar surface area (TPSA) is 56.1 Å². The zero-order chi connectivity index (χ0) is 21.9. The Bertz CT molecular complexity index is 1250. The van der Waals surface area contributed by atoms with E-state index in [0.717, 1.165) is 37.1 Å². The molecular formula is C27H27N3O2. The highest BCUT2D eigenvalue weighted by molar-refractivity contribution is 5.88. The lowest BCUT2D eigenvalue weighted by molar-refractivity contribution is -0.125. The van der Waals surface area contributed by atoms with Gasteiger partial charge in [-0.2, -0.15) is 0 Å². The van der Waals surface area contributed by atoms with Crippen molar-refractivity contribution in [2.24, 2.45) is 5.92 Å². The summed E-state index contributed by atoms with van der Waals surface area (Å²) in [6, 6.07) is 20.5. The van der Waals surface area contributed by atoms with Crippen LogP contribution >= 0.6 is 0 Å². The van der Waals surface area contributed by atoms with Crippen molar-refractivity contribution in [2.75, 3.05) is 7.11 Å². The van der Waals surface area contributed by atoms with Crippen molar-refractivity contribution in [2.45, 2.75) is 32.4 Å². The maximum Gasteiger partial charge on any atom is 0.223 e. The first-order valence-corrected chi connectivity index (χ1v) is 11.1. The van der Waals surface area contributed by atoms with Crippen LogP contribution in [0.1, 0.15) is 28.8 Å². The number of nitrogens with one attached hydrogen (secondary N) is 1. The molecule has 0 bridgehead atoms. The maximum atomic E-state index is 13.0. The van der Waals surface area contributed by atoms with Gasteiger partial charge in [0, 0.05) is 53.6 Å². The number of hydrogen-bond acceptors (Lipinski definition) is 3. The molecule has 1 unspecified atom stereocenters. The van der Waals surface area contributed by atoms with Gasteiger partial charge in [0.05, 0.1) is 7.11 Å². The summed E-state index contributed by atoms with van der Waals surface area (Å²) < 4.78 is 7.83. The summed E-state index contributed by atoms with van der Waals surface area (Å²) in [6.07, 6.45) is 6.22. The smallest absolute Gasteiger partial charge is 0.223 e. The first-order chi connectivity index (χ1) is 15.7. The first-order valence-electron chi connectivity index (χ1n) is 11.1. The van der Waals surface area contributed by atoms with Crippen molar-refractivity contribution in [1.82, 2.24) is 14.9 Å². The average molecular weight is 426 g/mol. The van der Waals surface area contributed by atoms with Gasteiger partial charge in [-0.1, -0.05) is 36.4 Å². The number of rotatable bonds is 6. The van der Waals surface area contributed by atoms with Gasteiger partial charge in [0.1, 0.15) is 5.75 Å². The highest BCUT2D eigenvalue weighted by Gasteiger charge is 2.29. The van der Waals surface area contributed by atoms with Crippen LogP contribution in [0.4, 0.5) is 0 Å². The summed E-state index contributed by atoms with van der Waals surface area (Å²) in [4.78, 5) is 17.2. The van der Waals surface area contributed by atoms with E-state index in [-0.39, 0.29) is 11.8 Å². The predicted molar refractivity (Wildman–Crippen MR) is 126 cm³/mol. The van der Waals surface area contributed by atoms with Crippen molar-refractivity contribution >= 4 is 16.8 Å². The van der Waals surface area contributed by atoms with E-state index >= 15 is 0 Å². The van der Waals surface area contributed by atoms with Crippen LogP contribution in [-0.2, 0) is 30.7 Å². The fourth-order valence-corrected chi connectivity index (χ4v) is 4.85. The molecule has 5 nitrogen and oxygen atoms in total. The number of pyridine rings is 1. The Morgan fingerprint density at radius 1 is 1.09 bits per heavy atom. The summed E-state index contributed by atoms with van der Waals surface area (Å²) in [5, 5.41) is 4.40. The highest BCUT2D eigenvalue weighted by Crippen LogP contribution is 2.35. The van der Waals surface area contributed by atoms with E-state index in [1.54, 1.807) is 7.11 Å². The van der Waals surface area contributed by atoms with Crippen molar-refractivity contribution < 1.29 is 9.53 Å². The first kappa shape index (κ1) is 20.3. The number of methoxy groups -OCH3 is 1. The quantitative estimate of drug-likeness (QED) is 0.494. The Hall–Kier alpha value is -3.60. The zero-order valence-electron chi connectivity index (χ0n) is 18.3. The van der Waals surface area contributed by atoms with Crippen LogP contribution in [0.5, 0.6) is 5.75 Å². The van der Waals surface area contributed by atoms with Gasteiger partial charge in [0.25, 0.3) is 0 Å². The second-order valence-electron chi connectivity index (χ2n) is 8.35. The summed E-state index contributed by atoms with van der Waals surface area (Å²) >= 11 is 0. The van der Waals surface area contributed by atoms with Crippen LogP contribution in [0.2, 0.25) is 0 Å². The molecule has 0 saturated heterocycles. The lowest BCUT2D eigenvalue weighted by Gasteiger charge is -2.24. The van der Waals surface area contributed by atoms with Gasteiger partial charge in [-0.3, -0.25) is 9.78 Å². The minimum absolute atomic E-state index is 0.0163. The molecule has 1 amide bonds. The predicted octanol–water partition coefficient (Wildman–Crippen LogP) is 4.51. The zero-order valence-corrected chi connectivity index (χ0v) is 18.3. The summed E-state index contributed by atoms with van der Waals surface area (Å²) in [5.74, 6) is 0.905. The van der Waals surface area contributed by atoms with Gasteiger partial charge in [0.2, 0.25) is 5.91 Å². The molecule has 5 rings (SSSR count). The fourth-order valence-electron chi connectivity index (χ4n) is 4.85. The number of carbonyl (C=O) groups excluding carboxylic acids is 1. The number of hydrogen-bond donors (Lipinski definition) is 1. The number of nitrogens with zero attached hydrogens (tertiary/aromatic N) is 2. The van der Waals surface area contributed by atoms with E-state index in [1.807, 2.05) is 36.7 Å². The minimum Gasteiger partial charge on any atom is -0.496 e. The van der Waals surface area contributed by atoms with E-state index in [2.05, 4.69) is 51.3 Å². The van der Waals surface area contributed by atoms with Crippen LogP contribution in [0.25, 0.3) is 10.9 Å². The molecule has 5 heteroatoms. The molecule has 2 heterocycles. The minimum atomic E-state index is -0.0163. The van der Waals surface area contributed by atoms with E-state index in [1.165, 1.54) is 27.7 Å². The second kappa shape index (κ2) is 8.87. The van der Waals surface area contributed by atoms with Gasteiger partial charge >= 0.3 is 0 Å². The molecule has 0 saturated carbocycles. The molecule has 162 valence electrons. The third-order valence-corrected chi connectivity index (χ3v) is 6.48. The van der Waals surface area contributed by atoms with Gasteiger partial charge in [-0.15, -0.1) is 0 Å². The number of benzene rings is 2. The van der Waals surface area contributed by atoms with Crippen molar-refractivity contribution in [3.63, 3.8) is 0 Å². The molecule has 0 fully saturated rings. The van der Waals surface area contributed by atoms with Gasteiger partial charge in [0.15, 0.2) is 0 Å². The highest BCUT2D eigenvalue weighted by atomic mass is 16.5. The summed E-state index contributed by atoms with van der Waals surface area (Å²) in [5.41, 5.74) is 6.15. The third kappa shape index (κ3) is 3.86. The number of carbonyl (C=O) groups is 1. The molecule has 1 atom stereocenters. The van der Waals surface area contributed by atoms with Crippen LogP contribution in [0.15, 0.2) is 73.1 Å².